The summed E-state index contributed by atoms with van der Waals surface area (Å²) >= 11 is 0. The number of hydrogen-bond acceptors (Lipinski definition) is 2. The van der Waals surface area contributed by atoms with Gasteiger partial charge >= 0.3 is 0 Å². The van der Waals surface area contributed by atoms with Gasteiger partial charge in [-0.1, -0.05) is 29.8 Å². The second kappa shape index (κ2) is 4.39. The van der Waals surface area contributed by atoms with Crippen molar-refractivity contribution >= 4 is 11.6 Å². The summed E-state index contributed by atoms with van der Waals surface area (Å²) < 4.78 is 19.3. The standard InChI is InChI=1S/C15H12FNO2/c1-9-3-2-4-10(5-9)11-6-13-14(7-12(11)16)19-8-15(18)17-13/h2-7H,8H2,1H3,(H,17,18). The maximum Gasteiger partial charge on any atom is 0.262 e. The summed E-state index contributed by atoms with van der Waals surface area (Å²) in [6.45, 7) is 1.88. The summed E-state index contributed by atoms with van der Waals surface area (Å²) in [5.41, 5.74) is 2.79. The van der Waals surface area contributed by atoms with E-state index in [9.17, 15) is 9.18 Å². The number of amides is 1. The zero-order valence-electron chi connectivity index (χ0n) is 10.4. The summed E-state index contributed by atoms with van der Waals surface area (Å²) in [6.07, 6.45) is 0. The highest BCUT2D eigenvalue weighted by Gasteiger charge is 2.19. The number of halogens is 1. The van der Waals surface area contributed by atoms with Crippen LogP contribution < -0.4 is 10.1 Å². The van der Waals surface area contributed by atoms with Crippen LogP contribution in [0.25, 0.3) is 11.1 Å². The van der Waals surface area contributed by atoms with Gasteiger partial charge in [-0.3, -0.25) is 4.79 Å². The van der Waals surface area contributed by atoms with Crippen LogP contribution in [0.15, 0.2) is 36.4 Å². The van der Waals surface area contributed by atoms with Crippen molar-refractivity contribution in [1.82, 2.24) is 0 Å². The van der Waals surface area contributed by atoms with Crippen molar-refractivity contribution in [2.45, 2.75) is 6.92 Å². The minimum atomic E-state index is -0.361. The zero-order valence-corrected chi connectivity index (χ0v) is 10.4. The summed E-state index contributed by atoms with van der Waals surface area (Å²) in [7, 11) is 0. The SMILES string of the molecule is Cc1cccc(-c2cc3c(cc2F)OCC(=O)N3)c1. The van der Waals surface area contributed by atoms with Crippen molar-refractivity contribution < 1.29 is 13.9 Å². The van der Waals surface area contributed by atoms with Crippen LogP contribution in [0, 0.1) is 12.7 Å². The molecule has 0 atom stereocenters. The number of nitrogens with one attached hydrogen (secondary N) is 1. The predicted molar refractivity (Wildman–Crippen MR) is 70.7 cm³/mol. The first-order valence-corrected chi connectivity index (χ1v) is 5.97. The van der Waals surface area contributed by atoms with Crippen LogP contribution in [0.1, 0.15) is 5.56 Å². The normalized spacial score (nSPS) is 13.5. The third-order valence-corrected chi connectivity index (χ3v) is 3.03. The molecule has 0 saturated heterocycles. The molecule has 1 aliphatic rings. The van der Waals surface area contributed by atoms with Gasteiger partial charge in [-0.25, -0.2) is 4.39 Å². The Morgan fingerprint density at radius 3 is 2.89 bits per heavy atom. The average Bonchev–Trinajstić information content (AvgIpc) is 2.38. The van der Waals surface area contributed by atoms with Gasteiger partial charge in [0.15, 0.2) is 6.61 Å². The van der Waals surface area contributed by atoms with E-state index in [2.05, 4.69) is 5.32 Å². The van der Waals surface area contributed by atoms with Gasteiger partial charge in [0.05, 0.1) is 5.69 Å². The van der Waals surface area contributed by atoms with Crippen molar-refractivity contribution in [2.75, 3.05) is 11.9 Å². The Morgan fingerprint density at radius 1 is 1.26 bits per heavy atom. The number of aryl methyl sites for hydroxylation is 1. The van der Waals surface area contributed by atoms with Gasteiger partial charge in [0.25, 0.3) is 5.91 Å². The number of benzene rings is 2. The first-order chi connectivity index (χ1) is 9.13. The molecule has 0 bridgehead atoms. The quantitative estimate of drug-likeness (QED) is 0.852. The maximum atomic E-state index is 14.1. The predicted octanol–water partition coefficient (Wildman–Crippen LogP) is 3.13. The van der Waals surface area contributed by atoms with Gasteiger partial charge in [-0.15, -0.1) is 0 Å². The van der Waals surface area contributed by atoms with Crippen LogP contribution in [0.5, 0.6) is 5.75 Å². The molecule has 0 aliphatic carbocycles. The highest BCUT2D eigenvalue weighted by atomic mass is 19.1. The molecule has 1 N–H and O–H groups in total. The van der Waals surface area contributed by atoms with Gasteiger partial charge in [-0.2, -0.15) is 0 Å². The van der Waals surface area contributed by atoms with Gasteiger partial charge < -0.3 is 10.1 Å². The molecule has 3 nitrogen and oxygen atoms in total. The van der Waals surface area contributed by atoms with Crippen molar-refractivity contribution in [2.24, 2.45) is 0 Å². The van der Waals surface area contributed by atoms with Crippen molar-refractivity contribution in [3.8, 4) is 16.9 Å². The van der Waals surface area contributed by atoms with Crippen LogP contribution in [-0.2, 0) is 4.79 Å². The lowest BCUT2D eigenvalue weighted by Gasteiger charge is -2.19. The average molecular weight is 257 g/mol. The van der Waals surface area contributed by atoms with Crippen LogP contribution in [0.3, 0.4) is 0 Å². The molecule has 96 valence electrons. The smallest absolute Gasteiger partial charge is 0.262 e. The second-order valence-corrected chi connectivity index (χ2v) is 4.53. The molecule has 0 fully saturated rings. The lowest BCUT2D eigenvalue weighted by atomic mass is 10.0. The monoisotopic (exact) mass is 257 g/mol. The molecule has 3 rings (SSSR count). The van der Waals surface area contributed by atoms with Crippen LogP contribution in [-0.4, -0.2) is 12.5 Å². The van der Waals surface area contributed by atoms with Gasteiger partial charge in [0.2, 0.25) is 0 Å². The van der Waals surface area contributed by atoms with E-state index in [0.717, 1.165) is 11.1 Å². The lowest BCUT2D eigenvalue weighted by molar-refractivity contribution is -0.118. The number of carbonyl (C=O) groups excluding carboxylic acids is 1. The summed E-state index contributed by atoms with van der Waals surface area (Å²) in [6, 6.07) is 10.5. The van der Waals surface area contributed by atoms with E-state index in [1.54, 1.807) is 6.07 Å². The molecule has 0 saturated carbocycles. The molecule has 4 heteroatoms. The first-order valence-electron chi connectivity index (χ1n) is 5.97. The maximum absolute atomic E-state index is 14.1. The third-order valence-electron chi connectivity index (χ3n) is 3.03. The van der Waals surface area contributed by atoms with Gasteiger partial charge in [0, 0.05) is 11.6 Å². The van der Waals surface area contributed by atoms with Gasteiger partial charge in [-0.05, 0) is 18.6 Å². The molecule has 1 amide bonds. The lowest BCUT2D eigenvalue weighted by Crippen LogP contribution is -2.25. The summed E-state index contributed by atoms with van der Waals surface area (Å²) in [5.74, 6) is -0.219. The molecular formula is C15H12FNO2. The van der Waals surface area contributed by atoms with E-state index in [1.807, 2.05) is 31.2 Å². The highest BCUT2D eigenvalue weighted by molar-refractivity contribution is 5.96. The highest BCUT2D eigenvalue weighted by Crippen LogP contribution is 2.35. The number of carbonyl (C=O) groups is 1. The Bertz CT molecular complexity index is 667. The topological polar surface area (TPSA) is 38.3 Å². The molecule has 0 aromatic heterocycles. The van der Waals surface area contributed by atoms with Gasteiger partial charge in [0.1, 0.15) is 11.6 Å². The fourth-order valence-electron chi connectivity index (χ4n) is 2.14. The molecule has 0 radical (unpaired) electrons. The number of ether oxygens (including phenoxy) is 1. The fraction of sp³-hybridized carbons (Fsp3) is 0.133. The van der Waals surface area contributed by atoms with Crippen LogP contribution >= 0.6 is 0 Å². The second-order valence-electron chi connectivity index (χ2n) is 4.53. The molecular weight excluding hydrogens is 245 g/mol. The summed E-state index contributed by atoms with van der Waals surface area (Å²) in [5, 5.41) is 2.68. The van der Waals surface area contributed by atoms with Crippen molar-refractivity contribution in [3.63, 3.8) is 0 Å². The number of hydrogen-bond donors (Lipinski definition) is 1. The van der Waals surface area contributed by atoms with E-state index >= 15 is 0 Å². The molecule has 1 aliphatic heterocycles. The minimum absolute atomic E-state index is 0.0732. The molecule has 1 heterocycles. The molecule has 19 heavy (non-hydrogen) atoms. The number of anilines is 1. The largest absolute Gasteiger partial charge is 0.481 e. The van der Waals surface area contributed by atoms with Crippen LogP contribution in [0.2, 0.25) is 0 Å². The van der Waals surface area contributed by atoms with E-state index in [-0.39, 0.29) is 18.3 Å². The summed E-state index contributed by atoms with van der Waals surface area (Å²) in [4.78, 5) is 11.3. The van der Waals surface area contributed by atoms with E-state index in [1.165, 1.54) is 6.07 Å². The van der Waals surface area contributed by atoms with E-state index in [4.69, 9.17) is 4.74 Å². The Kier molecular flexibility index (Phi) is 2.71. The Hall–Kier alpha value is -2.36. The Labute approximate surface area is 110 Å². The van der Waals surface area contributed by atoms with E-state index in [0.29, 0.717) is 17.0 Å². The Balaban J connectivity index is 2.12. The fourth-order valence-corrected chi connectivity index (χ4v) is 2.14. The molecule has 0 spiro atoms. The minimum Gasteiger partial charge on any atom is -0.481 e. The van der Waals surface area contributed by atoms with Crippen molar-refractivity contribution in [1.29, 1.82) is 0 Å². The number of rotatable bonds is 1. The number of fused-ring (bicyclic) bond motifs is 1. The van der Waals surface area contributed by atoms with Crippen molar-refractivity contribution in [3.05, 3.63) is 47.8 Å². The van der Waals surface area contributed by atoms with E-state index < -0.39 is 0 Å². The zero-order chi connectivity index (χ0) is 13.4. The van der Waals surface area contributed by atoms with Crippen LogP contribution in [0.4, 0.5) is 10.1 Å². The Morgan fingerprint density at radius 2 is 2.11 bits per heavy atom. The molecule has 0 unspecified atom stereocenters. The molecule has 2 aromatic rings. The first kappa shape index (κ1) is 11.7. The molecule has 2 aromatic carbocycles. The third kappa shape index (κ3) is 2.17.